The number of aliphatic hydroxyl groups is 1. The minimum atomic E-state index is -0.521. The SMILES string of the molecule is CC=C(CC)[C@@H](CO)NC(=O)OC(C)(C)C. The van der Waals surface area contributed by atoms with Crippen LogP contribution in [0.2, 0.25) is 0 Å². The maximum atomic E-state index is 11.5. The minimum Gasteiger partial charge on any atom is -0.444 e. The van der Waals surface area contributed by atoms with E-state index in [-0.39, 0.29) is 12.6 Å². The lowest BCUT2D eigenvalue weighted by atomic mass is 10.1. The molecule has 0 rings (SSSR count). The molecule has 0 aliphatic rings. The lowest BCUT2D eigenvalue weighted by Gasteiger charge is -2.23. The van der Waals surface area contributed by atoms with E-state index in [4.69, 9.17) is 4.74 Å². The van der Waals surface area contributed by atoms with Crippen LogP contribution in [0, 0.1) is 0 Å². The number of carbonyl (C=O) groups is 1. The zero-order chi connectivity index (χ0) is 12.8. The molecule has 0 aliphatic heterocycles. The van der Waals surface area contributed by atoms with Gasteiger partial charge in [-0.15, -0.1) is 0 Å². The molecular weight excluding hydrogens is 206 g/mol. The van der Waals surface area contributed by atoms with Gasteiger partial charge >= 0.3 is 6.09 Å². The molecule has 1 amide bonds. The number of amides is 1. The van der Waals surface area contributed by atoms with Crippen molar-refractivity contribution in [2.75, 3.05) is 6.61 Å². The smallest absolute Gasteiger partial charge is 0.408 e. The fourth-order valence-electron chi connectivity index (χ4n) is 1.36. The molecule has 94 valence electrons. The van der Waals surface area contributed by atoms with Gasteiger partial charge in [0, 0.05) is 0 Å². The summed E-state index contributed by atoms with van der Waals surface area (Å²) in [4.78, 5) is 11.5. The Morgan fingerprint density at radius 1 is 1.50 bits per heavy atom. The van der Waals surface area contributed by atoms with Crippen LogP contribution < -0.4 is 5.32 Å². The van der Waals surface area contributed by atoms with E-state index in [1.807, 2.05) is 19.9 Å². The van der Waals surface area contributed by atoms with E-state index < -0.39 is 11.7 Å². The van der Waals surface area contributed by atoms with Gasteiger partial charge in [-0.3, -0.25) is 0 Å². The van der Waals surface area contributed by atoms with E-state index in [2.05, 4.69) is 5.32 Å². The Bertz CT molecular complexity index is 253. The van der Waals surface area contributed by atoms with Crippen molar-refractivity contribution in [3.8, 4) is 0 Å². The molecular formula is C12H23NO3. The van der Waals surface area contributed by atoms with E-state index >= 15 is 0 Å². The third kappa shape index (κ3) is 5.75. The van der Waals surface area contributed by atoms with E-state index in [0.29, 0.717) is 0 Å². The average Bonchev–Trinajstić information content (AvgIpc) is 2.15. The summed E-state index contributed by atoms with van der Waals surface area (Å²) < 4.78 is 5.12. The van der Waals surface area contributed by atoms with Gasteiger partial charge in [-0.1, -0.05) is 18.6 Å². The molecule has 2 N–H and O–H groups in total. The molecule has 0 radical (unpaired) electrons. The summed E-state index contributed by atoms with van der Waals surface area (Å²) in [6, 6.07) is -0.357. The van der Waals surface area contributed by atoms with Gasteiger partial charge in [0.2, 0.25) is 0 Å². The van der Waals surface area contributed by atoms with E-state index in [1.165, 1.54) is 0 Å². The van der Waals surface area contributed by atoms with Crippen LogP contribution in [0.1, 0.15) is 41.0 Å². The third-order valence-corrected chi connectivity index (χ3v) is 2.10. The predicted octanol–water partition coefficient (Wildman–Crippen LogP) is 2.23. The number of aliphatic hydroxyl groups excluding tert-OH is 1. The summed E-state index contributed by atoms with van der Waals surface area (Å²) in [6.07, 6.45) is 2.19. The molecule has 0 bridgehead atoms. The number of alkyl carbamates (subject to hydrolysis) is 1. The normalized spacial score (nSPS) is 14.5. The molecule has 0 spiro atoms. The molecule has 1 atom stereocenters. The summed E-state index contributed by atoms with van der Waals surface area (Å²) in [5, 5.41) is 11.8. The van der Waals surface area contributed by atoms with Crippen molar-refractivity contribution < 1.29 is 14.6 Å². The van der Waals surface area contributed by atoms with Crippen molar-refractivity contribution in [1.29, 1.82) is 0 Å². The lowest BCUT2D eigenvalue weighted by molar-refractivity contribution is 0.0493. The average molecular weight is 229 g/mol. The van der Waals surface area contributed by atoms with Crippen LogP contribution in [0.15, 0.2) is 11.6 Å². The molecule has 0 fully saturated rings. The van der Waals surface area contributed by atoms with Gasteiger partial charge in [-0.25, -0.2) is 4.79 Å². The van der Waals surface area contributed by atoms with Gasteiger partial charge in [0.25, 0.3) is 0 Å². The Kier molecular flexibility index (Phi) is 6.11. The van der Waals surface area contributed by atoms with Crippen LogP contribution in [0.5, 0.6) is 0 Å². The van der Waals surface area contributed by atoms with Crippen LogP contribution in [0.25, 0.3) is 0 Å². The molecule has 0 aromatic carbocycles. The van der Waals surface area contributed by atoms with Gasteiger partial charge in [-0.05, 0) is 34.1 Å². The predicted molar refractivity (Wildman–Crippen MR) is 64.3 cm³/mol. The molecule has 0 heterocycles. The maximum absolute atomic E-state index is 11.5. The Morgan fingerprint density at radius 3 is 2.38 bits per heavy atom. The van der Waals surface area contributed by atoms with Crippen molar-refractivity contribution in [2.24, 2.45) is 0 Å². The number of rotatable bonds is 4. The summed E-state index contributed by atoms with van der Waals surface area (Å²) in [7, 11) is 0. The zero-order valence-electron chi connectivity index (χ0n) is 10.8. The van der Waals surface area contributed by atoms with E-state index in [1.54, 1.807) is 20.8 Å². The molecule has 4 nitrogen and oxygen atoms in total. The highest BCUT2D eigenvalue weighted by Crippen LogP contribution is 2.10. The summed E-state index contributed by atoms with van der Waals surface area (Å²) >= 11 is 0. The quantitative estimate of drug-likeness (QED) is 0.727. The molecule has 0 aromatic heterocycles. The Morgan fingerprint density at radius 2 is 2.06 bits per heavy atom. The second-order valence-corrected chi connectivity index (χ2v) is 4.60. The van der Waals surface area contributed by atoms with Gasteiger partial charge in [-0.2, -0.15) is 0 Å². The molecule has 0 saturated heterocycles. The fraction of sp³-hybridized carbons (Fsp3) is 0.750. The molecule has 0 aliphatic carbocycles. The molecule has 0 saturated carbocycles. The van der Waals surface area contributed by atoms with Gasteiger partial charge in [0.15, 0.2) is 0 Å². The van der Waals surface area contributed by atoms with Crippen LogP contribution in [0.3, 0.4) is 0 Å². The number of hydrogen-bond acceptors (Lipinski definition) is 3. The standard InChI is InChI=1S/C12H23NO3/c1-6-9(7-2)10(8-14)13-11(15)16-12(3,4)5/h6,10,14H,7-8H2,1-5H3,(H,13,15)/t10-/m1/s1. The third-order valence-electron chi connectivity index (χ3n) is 2.10. The van der Waals surface area contributed by atoms with Crippen LogP contribution in [-0.2, 0) is 4.74 Å². The summed E-state index contributed by atoms with van der Waals surface area (Å²) in [5.41, 5.74) is 0.472. The fourth-order valence-corrected chi connectivity index (χ4v) is 1.36. The van der Waals surface area contributed by atoms with Crippen LogP contribution in [-0.4, -0.2) is 29.4 Å². The van der Waals surface area contributed by atoms with Gasteiger partial charge in [0.1, 0.15) is 5.60 Å². The van der Waals surface area contributed by atoms with Crippen LogP contribution in [0.4, 0.5) is 4.79 Å². The lowest BCUT2D eigenvalue weighted by Crippen LogP contribution is -2.42. The van der Waals surface area contributed by atoms with Gasteiger partial charge < -0.3 is 15.2 Å². The number of ether oxygens (including phenoxy) is 1. The highest BCUT2D eigenvalue weighted by Gasteiger charge is 2.20. The Hall–Kier alpha value is -1.03. The topological polar surface area (TPSA) is 58.6 Å². The molecule has 4 heteroatoms. The zero-order valence-corrected chi connectivity index (χ0v) is 10.8. The minimum absolute atomic E-state index is 0.118. The van der Waals surface area contributed by atoms with Crippen molar-refractivity contribution >= 4 is 6.09 Å². The number of hydrogen-bond donors (Lipinski definition) is 2. The first-order valence-corrected chi connectivity index (χ1v) is 5.59. The number of nitrogens with one attached hydrogen (secondary N) is 1. The largest absolute Gasteiger partial charge is 0.444 e. The van der Waals surface area contributed by atoms with Gasteiger partial charge in [0.05, 0.1) is 12.6 Å². The van der Waals surface area contributed by atoms with E-state index in [0.717, 1.165) is 12.0 Å². The first kappa shape index (κ1) is 15.0. The first-order chi connectivity index (χ1) is 7.34. The monoisotopic (exact) mass is 229 g/mol. The summed E-state index contributed by atoms with van der Waals surface area (Å²) in [5.74, 6) is 0. The number of carbonyl (C=O) groups excluding carboxylic acids is 1. The highest BCUT2D eigenvalue weighted by atomic mass is 16.6. The Labute approximate surface area is 97.7 Å². The Balaban J connectivity index is 4.39. The van der Waals surface area contributed by atoms with Crippen molar-refractivity contribution in [1.82, 2.24) is 5.32 Å². The van der Waals surface area contributed by atoms with Crippen molar-refractivity contribution in [3.05, 3.63) is 11.6 Å². The second-order valence-electron chi connectivity index (χ2n) is 4.60. The second kappa shape index (κ2) is 6.53. The van der Waals surface area contributed by atoms with Crippen molar-refractivity contribution in [3.63, 3.8) is 0 Å². The van der Waals surface area contributed by atoms with E-state index in [9.17, 15) is 9.90 Å². The number of allylic oxidation sites excluding steroid dienone is 1. The molecule has 0 unspecified atom stereocenters. The van der Waals surface area contributed by atoms with Crippen molar-refractivity contribution in [2.45, 2.75) is 52.7 Å². The highest BCUT2D eigenvalue weighted by molar-refractivity contribution is 5.68. The first-order valence-electron chi connectivity index (χ1n) is 5.59. The van der Waals surface area contributed by atoms with Crippen LogP contribution >= 0.6 is 0 Å². The molecule has 16 heavy (non-hydrogen) atoms. The maximum Gasteiger partial charge on any atom is 0.408 e. The molecule has 0 aromatic rings. The summed E-state index contributed by atoms with van der Waals surface area (Å²) in [6.45, 7) is 9.16.